The number of rotatable bonds is 6. The Morgan fingerprint density at radius 3 is 2.81 bits per heavy atom. The molecule has 1 heterocycles. The minimum Gasteiger partial charge on any atom is -0.396 e. The molecule has 5 heteroatoms. The molecule has 1 unspecified atom stereocenters. The maximum absolute atomic E-state index is 11.8. The number of aliphatic hydroxyl groups excluding tert-OH is 1. The highest BCUT2D eigenvalue weighted by Gasteiger charge is 2.15. The van der Waals surface area contributed by atoms with E-state index in [0.29, 0.717) is 11.7 Å². The summed E-state index contributed by atoms with van der Waals surface area (Å²) in [6, 6.07) is 0. The maximum atomic E-state index is 11.8. The molecule has 2 N–H and O–H groups in total. The van der Waals surface area contributed by atoms with Crippen LogP contribution in [-0.2, 0) is 4.79 Å². The first-order valence-corrected chi connectivity index (χ1v) is 7.00. The van der Waals surface area contributed by atoms with E-state index in [-0.39, 0.29) is 12.5 Å². The highest BCUT2D eigenvalue weighted by molar-refractivity contribution is 7.99. The lowest BCUT2D eigenvalue weighted by Gasteiger charge is -2.27. The molecule has 0 aliphatic carbocycles. The Kier molecular flexibility index (Phi) is 6.84. The second kappa shape index (κ2) is 7.92. The smallest absolute Gasteiger partial charge is 0.223 e. The van der Waals surface area contributed by atoms with Gasteiger partial charge in [0.15, 0.2) is 0 Å². The first-order chi connectivity index (χ1) is 7.74. The largest absolute Gasteiger partial charge is 0.396 e. The second-order valence-corrected chi connectivity index (χ2v) is 5.62. The van der Waals surface area contributed by atoms with Crippen LogP contribution in [0.15, 0.2) is 0 Å². The Morgan fingerprint density at radius 2 is 2.19 bits per heavy atom. The number of nitrogens with one attached hydrogen (secondary N) is 1. The molecule has 1 amide bonds. The van der Waals surface area contributed by atoms with Crippen LogP contribution in [0.1, 0.15) is 19.8 Å². The molecule has 16 heavy (non-hydrogen) atoms. The fraction of sp³-hybridized carbons (Fsp3) is 0.909. The van der Waals surface area contributed by atoms with Gasteiger partial charge in [0.1, 0.15) is 0 Å². The van der Waals surface area contributed by atoms with Gasteiger partial charge in [0, 0.05) is 50.2 Å². The van der Waals surface area contributed by atoms with Crippen molar-refractivity contribution in [1.82, 2.24) is 10.2 Å². The monoisotopic (exact) mass is 246 g/mol. The van der Waals surface area contributed by atoms with Crippen molar-refractivity contribution >= 4 is 17.7 Å². The summed E-state index contributed by atoms with van der Waals surface area (Å²) in [6.45, 7) is 5.85. The third kappa shape index (κ3) is 5.18. The number of hydrogen-bond donors (Lipinski definition) is 2. The lowest BCUT2D eigenvalue weighted by Crippen LogP contribution is -2.46. The Labute approximate surface area is 102 Å². The van der Waals surface area contributed by atoms with Crippen LogP contribution in [0.5, 0.6) is 0 Å². The zero-order valence-corrected chi connectivity index (χ0v) is 10.8. The molecule has 1 aliphatic heterocycles. The molecule has 0 saturated carbocycles. The van der Waals surface area contributed by atoms with E-state index in [1.54, 1.807) is 11.8 Å². The van der Waals surface area contributed by atoms with Crippen molar-refractivity contribution in [3.63, 3.8) is 0 Å². The van der Waals surface area contributed by atoms with Crippen molar-refractivity contribution < 1.29 is 9.90 Å². The summed E-state index contributed by atoms with van der Waals surface area (Å²) in [5, 5.41) is 12.4. The first-order valence-electron chi connectivity index (χ1n) is 5.95. The average Bonchev–Trinajstić information content (AvgIpc) is 2.30. The minimum absolute atomic E-state index is 0.236. The van der Waals surface area contributed by atoms with Crippen molar-refractivity contribution in [2.45, 2.75) is 25.0 Å². The number of aliphatic hydroxyl groups is 1. The Bertz CT molecular complexity index is 208. The molecule has 0 bridgehead atoms. The molecule has 1 atom stereocenters. The highest BCUT2D eigenvalue weighted by Crippen LogP contribution is 2.15. The molecular formula is C11H22N2O2S. The van der Waals surface area contributed by atoms with Crippen LogP contribution in [0.25, 0.3) is 0 Å². The second-order valence-electron chi connectivity index (χ2n) is 4.07. The Balaban J connectivity index is 2.09. The fourth-order valence-corrected chi connectivity index (χ4v) is 2.65. The zero-order chi connectivity index (χ0) is 11.8. The van der Waals surface area contributed by atoms with Crippen molar-refractivity contribution in [2.75, 3.05) is 38.5 Å². The van der Waals surface area contributed by atoms with Gasteiger partial charge >= 0.3 is 0 Å². The fourth-order valence-electron chi connectivity index (χ4n) is 1.68. The van der Waals surface area contributed by atoms with E-state index in [2.05, 4.69) is 12.2 Å². The summed E-state index contributed by atoms with van der Waals surface area (Å²) in [5.74, 6) is 1.13. The summed E-state index contributed by atoms with van der Waals surface area (Å²) in [4.78, 5) is 13.7. The van der Waals surface area contributed by atoms with Gasteiger partial charge in [-0.3, -0.25) is 4.79 Å². The van der Waals surface area contributed by atoms with Gasteiger partial charge in [-0.15, -0.1) is 0 Å². The van der Waals surface area contributed by atoms with E-state index in [1.165, 1.54) is 0 Å². The van der Waals surface area contributed by atoms with Crippen LogP contribution in [0.2, 0.25) is 0 Å². The predicted molar refractivity (Wildman–Crippen MR) is 67.7 cm³/mol. The number of carbonyl (C=O) groups excluding carboxylic acids is 1. The molecular weight excluding hydrogens is 224 g/mol. The van der Waals surface area contributed by atoms with Crippen LogP contribution < -0.4 is 5.32 Å². The summed E-state index contributed by atoms with van der Waals surface area (Å²) >= 11 is 1.77. The molecule has 4 nitrogen and oxygen atoms in total. The normalized spacial score (nSPS) is 18.5. The molecule has 1 fully saturated rings. The van der Waals surface area contributed by atoms with Crippen molar-refractivity contribution in [3.05, 3.63) is 0 Å². The predicted octanol–water partition coefficient (Wildman–Crippen LogP) is 0.312. The van der Waals surface area contributed by atoms with Gasteiger partial charge in [-0.05, 0) is 6.42 Å². The summed E-state index contributed by atoms with van der Waals surface area (Å²) < 4.78 is 0. The number of amides is 1. The molecule has 0 aromatic carbocycles. The standard InChI is InChI=1S/C11H22N2O2S/c1-10(2-8-14)16-9-3-11(15)13-6-4-12-5-7-13/h10,12,14H,2-9H2,1H3. The lowest BCUT2D eigenvalue weighted by atomic mass is 10.3. The van der Waals surface area contributed by atoms with E-state index in [1.807, 2.05) is 4.90 Å². The summed E-state index contributed by atoms with van der Waals surface area (Å²) in [7, 11) is 0. The molecule has 1 aliphatic rings. The third-order valence-electron chi connectivity index (χ3n) is 2.72. The highest BCUT2D eigenvalue weighted by atomic mass is 32.2. The topological polar surface area (TPSA) is 52.6 Å². The molecule has 0 aromatic heterocycles. The van der Waals surface area contributed by atoms with Crippen molar-refractivity contribution in [1.29, 1.82) is 0 Å². The number of carbonyl (C=O) groups is 1. The zero-order valence-electron chi connectivity index (χ0n) is 9.95. The average molecular weight is 246 g/mol. The Hall–Kier alpha value is -0.260. The minimum atomic E-state index is 0.236. The molecule has 0 spiro atoms. The summed E-state index contributed by atoms with van der Waals surface area (Å²) in [6.07, 6.45) is 1.44. The van der Waals surface area contributed by atoms with E-state index < -0.39 is 0 Å². The van der Waals surface area contributed by atoms with Crippen molar-refractivity contribution in [3.8, 4) is 0 Å². The van der Waals surface area contributed by atoms with E-state index >= 15 is 0 Å². The lowest BCUT2D eigenvalue weighted by molar-refractivity contribution is -0.131. The van der Waals surface area contributed by atoms with E-state index in [9.17, 15) is 4.79 Å². The van der Waals surface area contributed by atoms with Gasteiger partial charge < -0.3 is 15.3 Å². The van der Waals surface area contributed by atoms with Crippen LogP contribution in [-0.4, -0.2) is 59.7 Å². The van der Waals surface area contributed by atoms with E-state index in [4.69, 9.17) is 5.11 Å². The maximum Gasteiger partial charge on any atom is 0.223 e. The van der Waals surface area contributed by atoms with Gasteiger partial charge in [0.05, 0.1) is 0 Å². The number of nitrogens with zero attached hydrogens (tertiary/aromatic N) is 1. The first kappa shape index (κ1) is 13.8. The molecule has 1 saturated heterocycles. The molecule has 1 rings (SSSR count). The molecule has 0 radical (unpaired) electrons. The summed E-state index contributed by atoms with van der Waals surface area (Å²) in [5.41, 5.74) is 0. The van der Waals surface area contributed by atoms with Gasteiger partial charge in [-0.2, -0.15) is 11.8 Å². The van der Waals surface area contributed by atoms with Gasteiger partial charge in [0.25, 0.3) is 0 Å². The molecule has 94 valence electrons. The number of piperazine rings is 1. The molecule has 0 aromatic rings. The number of hydrogen-bond acceptors (Lipinski definition) is 4. The van der Waals surface area contributed by atoms with Gasteiger partial charge in [-0.25, -0.2) is 0 Å². The number of thioether (sulfide) groups is 1. The van der Waals surface area contributed by atoms with Gasteiger partial charge in [-0.1, -0.05) is 6.92 Å². The SMILES string of the molecule is CC(CCO)SCCC(=O)N1CCNCC1. The van der Waals surface area contributed by atoms with Crippen LogP contribution in [0.4, 0.5) is 0 Å². The Morgan fingerprint density at radius 1 is 1.50 bits per heavy atom. The van der Waals surface area contributed by atoms with E-state index in [0.717, 1.165) is 38.4 Å². The van der Waals surface area contributed by atoms with Crippen LogP contribution in [0, 0.1) is 0 Å². The van der Waals surface area contributed by atoms with Crippen molar-refractivity contribution in [2.24, 2.45) is 0 Å². The van der Waals surface area contributed by atoms with Gasteiger partial charge in [0.2, 0.25) is 5.91 Å². The van der Waals surface area contributed by atoms with Crippen LogP contribution in [0.3, 0.4) is 0 Å². The third-order valence-corrected chi connectivity index (χ3v) is 3.97. The van der Waals surface area contributed by atoms with Crippen LogP contribution >= 0.6 is 11.8 Å². The quantitative estimate of drug-likeness (QED) is 0.708.